The van der Waals surface area contributed by atoms with Crippen LogP contribution in [0.15, 0.2) is 24.3 Å². The fraction of sp³-hybridized carbons (Fsp3) is 0.652. The first-order chi connectivity index (χ1) is 14.0. The van der Waals surface area contributed by atoms with Gasteiger partial charge in [0.1, 0.15) is 26.2 Å². The molecule has 1 aliphatic carbocycles. The summed E-state index contributed by atoms with van der Waals surface area (Å²) in [6.45, 7) is 9.18. The average Bonchev–Trinajstić information content (AvgIpc) is 2.71. The van der Waals surface area contributed by atoms with Gasteiger partial charge in [-0.05, 0) is 36.8 Å². The summed E-state index contributed by atoms with van der Waals surface area (Å²) in [5, 5.41) is 6.34. The highest BCUT2D eigenvalue weighted by atomic mass is 16.2. The van der Waals surface area contributed by atoms with Crippen LogP contribution in [-0.2, 0) is 16.0 Å². The number of para-hydroxylation sites is 1. The molecule has 1 aromatic rings. The summed E-state index contributed by atoms with van der Waals surface area (Å²) in [5.41, 5.74) is 2.10. The Labute approximate surface area is 175 Å². The van der Waals surface area contributed by atoms with E-state index in [9.17, 15) is 9.59 Å². The summed E-state index contributed by atoms with van der Waals surface area (Å²) >= 11 is 0. The van der Waals surface area contributed by atoms with Crippen molar-refractivity contribution in [2.24, 2.45) is 5.92 Å². The first kappa shape index (κ1) is 21.8. The number of piperazine rings is 1. The predicted octanol–water partition coefficient (Wildman–Crippen LogP) is -0.334. The van der Waals surface area contributed by atoms with Crippen LogP contribution in [0.2, 0.25) is 0 Å². The molecule has 3 rings (SSSR count). The quantitative estimate of drug-likeness (QED) is 0.504. The number of carbonyl (C=O) groups is 2. The van der Waals surface area contributed by atoms with Crippen LogP contribution in [-0.4, -0.2) is 57.1 Å². The lowest BCUT2D eigenvalue weighted by molar-refractivity contribution is -1.00. The van der Waals surface area contributed by atoms with Crippen molar-refractivity contribution in [1.82, 2.24) is 5.32 Å². The SMILES string of the molecule is CCc1ccccc1NC(=O)C[NH+]1CC[NH+](CC(=O)N[C@H]2CCCC[C@@H]2C)CC1. The van der Waals surface area contributed by atoms with Crippen molar-refractivity contribution in [3.63, 3.8) is 0 Å². The third-order valence-electron chi connectivity index (χ3n) is 6.62. The zero-order chi connectivity index (χ0) is 20.6. The van der Waals surface area contributed by atoms with E-state index in [4.69, 9.17) is 0 Å². The zero-order valence-corrected chi connectivity index (χ0v) is 18.1. The molecule has 29 heavy (non-hydrogen) atoms. The molecule has 1 saturated carbocycles. The van der Waals surface area contributed by atoms with Gasteiger partial charge < -0.3 is 20.4 Å². The van der Waals surface area contributed by atoms with Crippen molar-refractivity contribution in [1.29, 1.82) is 0 Å². The first-order valence-corrected chi connectivity index (χ1v) is 11.4. The van der Waals surface area contributed by atoms with Crippen LogP contribution in [0.1, 0.15) is 45.1 Å². The molecule has 2 amide bonds. The maximum Gasteiger partial charge on any atom is 0.279 e. The molecule has 1 saturated heterocycles. The van der Waals surface area contributed by atoms with Crippen molar-refractivity contribution in [3.8, 4) is 0 Å². The lowest BCUT2D eigenvalue weighted by Crippen LogP contribution is -3.28. The van der Waals surface area contributed by atoms with E-state index >= 15 is 0 Å². The fourth-order valence-electron chi connectivity index (χ4n) is 4.70. The Bertz CT molecular complexity index is 685. The van der Waals surface area contributed by atoms with Crippen LogP contribution in [0.4, 0.5) is 5.69 Å². The lowest BCUT2D eigenvalue weighted by atomic mass is 9.86. The Balaban J connectivity index is 1.37. The first-order valence-electron chi connectivity index (χ1n) is 11.4. The second-order valence-corrected chi connectivity index (χ2v) is 8.85. The molecule has 4 N–H and O–H groups in total. The van der Waals surface area contributed by atoms with E-state index in [1.807, 2.05) is 18.2 Å². The number of carbonyl (C=O) groups excluding carboxylic acids is 2. The van der Waals surface area contributed by atoms with E-state index in [1.54, 1.807) is 0 Å². The third kappa shape index (κ3) is 6.54. The topological polar surface area (TPSA) is 67.1 Å². The van der Waals surface area contributed by atoms with E-state index in [-0.39, 0.29) is 11.8 Å². The second-order valence-electron chi connectivity index (χ2n) is 8.85. The van der Waals surface area contributed by atoms with Gasteiger partial charge in [0.15, 0.2) is 13.1 Å². The molecule has 1 aliphatic heterocycles. The molecular weight excluding hydrogens is 364 g/mol. The molecule has 0 radical (unpaired) electrons. The summed E-state index contributed by atoms with van der Waals surface area (Å²) in [5.74, 6) is 0.866. The van der Waals surface area contributed by atoms with E-state index in [0.717, 1.165) is 44.7 Å². The monoisotopic (exact) mass is 402 g/mol. The summed E-state index contributed by atoms with van der Waals surface area (Å²) in [7, 11) is 0. The average molecular weight is 403 g/mol. The van der Waals surface area contributed by atoms with Crippen molar-refractivity contribution >= 4 is 17.5 Å². The normalized spacial score (nSPS) is 27.2. The van der Waals surface area contributed by atoms with Gasteiger partial charge in [0.2, 0.25) is 0 Å². The minimum atomic E-state index is 0.0772. The molecule has 1 heterocycles. The standard InChI is InChI=1S/C23H36N4O2/c1-3-19-9-5-7-11-21(19)25-23(29)17-27-14-12-26(13-15-27)16-22(28)24-20-10-6-4-8-18(20)2/h5,7,9,11,18,20H,3-4,6,8,10,12-17H2,1-2H3,(H,24,28)(H,25,29)/p+2/t18-,20-/m0/s1. The molecule has 160 valence electrons. The number of hydrogen-bond donors (Lipinski definition) is 4. The molecule has 0 aromatic heterocycles. The highest BCUT2D eigenvalue weighted by Crippen LogP contribution is 2.23. The highest BCUT2D eigenvalue weighted by Gasteiger charge is 2.28. The molecular formula is C23H38N4O2+2. The van der Waals surface area contributed by atoms with Crippen molar-refractivity contribution < 1.29 is 19.4 Å². The number of rotatable bonds is 7. The van der Waals surface area contributed by atoms with Gasteiger partial charge in [-0.3, -0.25) is 9.59 Å². The molecule has 2 aliphatic rings. The van der Waals surface area contributed by atoms with Gasteiger partial charge in [-0.25, -0.2) is 0 Å². The van der Waals surface area contributed by atoms with Crippen LogP contribution < -0.4 is 20.4 Å². The number of benzene rings is 1. The zero-order valence-electron chi connectivity index (χ0n) is 18.1. The van der Waals surface area contributed by atoms with Gasteiger partial charge in [-0.1, -0.05) is 44.9 Å². The summed E-state index contributed by atoms with van der Waals surface area (Å²) in [6, 6.07) is 8.36. The smallest absolute Gasteiger partial charge is 0.279 e. The van der Waals surface area contributed by atoms with Crippen LogP contribution in [0.25, 0.3) is 0 Å². The van der Waals surface area contributed by atoms with Gasteiger partial charge in [0.25, 0.3) is 11.8 Å². The van der Waals surface area contributed by atoms with Crippen LogP contribution in [0.5, 0.6) is 0 Å². The molecule has 0 bridgehead atoms. The van der Waals surface area contributed by atoms with E-state index in [1.165, 1.54) is 34.6 Å². The summed E-state index contributed by atoms with van der Waals surface area (Å²) in [4.78, 5) is 27.5. The van der Waals surface area contributed by atoms with Crippen molar-refractivity contribution in [2.75, 3.05) is 44.6 Å². The van der Waals surface area contributed by atoms with E-state index in [0.29, 0.717) is 25.0 Å². The van der Waals surface area contributed by atoms with Gasteiger partial charge >= 0.3 is 0 Å². The van der Waals surface area contributed by atoms with E-state index < -0.39 is 0 Å². The molecule has 2 atom stereocenters. The minimum Gasteiger partial charge on any atom is -0.348 e. The number of anilines is 1. The highest BCUT2D eigenvalue weighted by molar-refractivity contribution is 5.92. The molecule has 6 nitrogen and oxygen atoms in total. The minimum absolute atomic E-state index is 0.0772. The maximum absolute atomic E-state index is 12.5. The van der Waals surface area contributed by atoms with Gasteiger partial charge in [0.05, 0.1) is 0 Å². The Hall–Kier alpha value is -1.92. The van der Waals surface area contributed by atoms with Gasteiger partial charge in [-0.2, -0.15) is 0 Å². The van der Waals surface area contributed by atoms with Crippen molar-refractivity contribution in [2.45, 2.75) is 52.0 Å². The van der Waals surface area contributed by atoms with Gasteiger partial charge in [-0.15, -0.1) is 0 Å². The van der Waals surface area contributed by atoms with Crippen LogP contribution >= 0.6 is 0 Å². The molecule has 1 aromatic carbocycles. The third-order valence-corrected chi connectivity index (χ3v) is 6.62. The predicted molar refractivity (Wildman–Crippen MR) is 115 cm³/mol. The van der Waals surface area contributed by atoms with Crippen molar-refractivity contribution in [3.05, 3.63) is 29.8 Å². The number of nitrogens with one attached hydrogen (secondary N) is 4. The van der Waals surface area contributed by atoms with Crippen LogP contribution in [0.3, 0.4) is 0 Å². The number of aryl methyl sites for hydroxylation is 1. The lowest BCUT2D eigenvalue weighted by Gasteiger charge is -2.31. The van der Waals surface area contributed by atoms with Gasteiger partial charge in [0, 0.05) is 11.7 Å². The Morgan fingerprint density at radius 2 is 1.59 bits per heavy atom. The maximum atomic E-state index is 12.5. The molecule has 2 fully saturated rings. The van der Waals surface area contributed by atoms with E-state index in [2.05, 4.69) is 30.5 Å². The van der Waals surface area contributed by atoms with Crippen LogP contribution in [0, 0.1) is 5.92 Å². The Kier molecular flexibility index (Phi) is 8.07. The Morgan fingerprint density at radius 3 is 2.24 bits per heavy atom. The molecule has 0 unspecified atom stereocenters. The second kappa shape index (κ2) is 10.7. The number of quaternary nitrogens is 2. The fourth-order valence-corrected chi connectivity index (χ4v) is 4.70. The largest absolute Gasteiger partial charge is 0.348 e. The number of amides is 2. The molecule has 0 spiro atoms. The molecule has 6 heteroatoms. The summed E-state index contributed by atoms with van der Waals surface area (Å²) in [6.07, 6.45) is 5.78. The summed E-state index contributed by atoms with van der Waals surface area (Å²) < 4.78 is 0. The number of hydrogen-bond acceptors (Lipinski definition) is 2. The Morgan fingerprint density at radius 1 is 0.966 bits per heavy atom.